The van der Waals surface area contributed by atoms with Crippen molar-refractivity contribution in [1.29, 1.82) is 0 Å². The van der Waals surface area contributed by atoms with E-state index >= 15 is 0 Å². The first-order valence-corrected chi connectivity index (χ1v) is 5.35. The molecule has 0 aliphatic carbocycles. The van der Waals surface area contributed by atoms with Gasteiger partial charge in [-0.25, -0.2) is 4.98 Å². The second kappa shape index (κ2) is 3.69. The first kappa shape index (κ1) is 10.5. The average Bonchev–Trinajstić information content (AvgIpc) is 2.77. The molecular weight excluding hydrogens is 232 g/mol. The van der Waals surface area contributed by atoms with Crippen LogP contribution in [-0.4, -0.2) is 24.9 Å². The van der Waals surface area contributed by atoms with Crippen molar-refractivity contribution >= 4 is 10.9 Å². The molecule has 0 aliphatic rings. The third-order valence-electron chi connectivity index (χ3n) is 2.84. The second-order valence-electron chi connectivity index (χ2n) is 3.96. The number of aromatic nitrogens is 4. The van der Waals surface area contributed by atoms with Gasteiger partial charge < -0.3 is 10.1 Å². The number of nitrogens with zero attached hydrogens (tertiary/aromatic N) is 3. The average molecular weight is 242 g/mol. The molecule has 3 rings (SSSR count). The largest absolute Gasteiger partial charge is 0.506 e. The van der Waals surface area contributed by atoms with Crippen molar-refractivity contribution in [3.63, 3.8) is 0 Å². The number of rotatable bonds is 1. The molecule has 6 heteroatoms. The Balaban J connectivity index is 2.37. The van der Waals surface area contributed by atoms with Gasteiger partial charge in [-0.3, -0.25) is 9.48 Å². The summed E-state index contributed by atoms with van der Waals surface area (Å²) in [7, 11) is 1.80. The number of benzene rings is 1. The number of aryl methyl sites for hydroxylation is 1. The molecule has 6 nitrogen and oxygen atoms in total. The molecule has 0 bridgehead atoms. The van der Waals surface area contributed by atoms with Gasteiger partial charge in [-0.15, -0.1) is 0 Å². The Morgan fingerprint density at radius 1 is 1.39 bits per heavy atom. The first-order chi connectivity index (χ1) is 8.66. The summed E-state index contributed by atoms with van der Waals surface area (Å²) in [6.07, 6.45) is 2.93. The number of phenolic OH excluding ortho intramolecular Hbond substituents is 1. The number of H-pyrrole nitrogens is 1. The van der Waals surface area contributed by atoms with Gasteiger partial charge in [-0.05, 0) is 18.2 Å². The molecular formula is C12H10N4O2. The summed E-state index contributed by atoms with van der Waals surface area (Å²) < 4.78 is 1.67. The molecule has 0 saturated heterocycles. The minimum atomic E-state index is -0.278. The highest BCUT2D eigenvalue weighted by molar-refractivity contribution is 5.88. The van der Waals surface area contributed by atoms with E-state index in [2.05, 4.69) is 15.1 Å². The van der Waals surface area contributed by atoms with Gasteiger partial charge in [0.15, 0.2) is 0 Å². The maximum atomic E-state index is 11.7. The summed E-state index contributed by atoms with van der Waals surface area (Å²) in [5.41, 5.74) is 1.55. The van der Waals surface area contributed by atoms with E-state index in [4.69, 9.17) is 0 Å². The molecule has 3 aromatic rings. The minimum Gasteiger partial charge on any atom is -0.506 e. The maximum Gasteiger partial charge on any atom is 0.258 e. The third kappa shape index (κ3) is 1.46. The van der Waals surface area contributed by atoms with E-state index in [1.54, 1.807) is 30.1 Å². The van der Waals surface area contributed by atoms with E-state index in [0.717, 1.165) is 11.3 Å². The van der Waals surface area contributed by atoms with E-state index in [1.807, 2.05) is 6.07 Å². The molecule has 2 aromatic heterocycles. The number of fused-ring (bicyclic) bond motifs is 1. The zero-order valence-electron chi connectivity index (χ0n) is 9.58. The zero-order chi connectivity index (χ0) is 12.7. The Morgan fingerprint density at radius 2 is 2.22 bits per heavy atom. The summed E-state index contributed by atoms with van der Waals surface area (Å²) in [4.78, 5) is 18.2. The molecule has 2 heterocycles. The number of aromatic hydroxyl groups is 1. The van der Waals surface area contributed by atoms with E-state index in [0.29, 0.717) is 10.9 Å². The summed E-state index contributed by atoms with van der Waals surface area (Å²) in [6.45, 7) is 0. The van der Waals surface area contributed by atoms with Crippen molar-refractivity contribution in [2.24, 2.45) is 7.05 Å². The fraction of sp³-hybridized carbons (Fsp3) is 0.0833. The van der Waals surface area contributed by atoms with E-state index < -0.39 is 0 Å². The standard InChI is InChI=1S/C12H10N4O2/c1-16-9(2-3-15-16)7-4-8-11(10(17)5-7)13-6-14-12(8)18/h2-6,17H,1H3,(H,13,14,18). The number of aromatic amines is 1. The Kier molecular flexibility index (Phi) is 2.16. The van der Waals surface area contributed by atoms with Crippen LogP contribution in [0.2, 0.25) is 0 Å². The lowest BCUT2D eigenvalue weighted by Crippen LogP contribution is -2.06. The van der Waals surface area contributed by atoms with Crippen LogP contribution in [0.25, 0.3) is 22.2 Å². The van der Waals surface area contributed by atoms with Crippen LogP contribution >= 0.6 is 0 Å². The van der Waals surface area contributed by atoms with Gasteiger partial charge in [0.2, 0.25) is 0 Å². The number of hydrogen-bond acceptors (Lipinski definition) is 4. The highest BCUT2D eigenvalue weighted by Crippen LogP contribution is 2.28. The fourth-order valence-corrected chi connectivity index (χ4v) is 1.97. The lowest BCUT2D eigenvalue weighted by atomic mass is 10.1. The van der Waals surface area contributed by atoms with Crippen LogP contribution in [0.4, 0.5) is 0 Å². The molecule has 0 radical (unpaired) electrons. The summed E-state index contributed by atoms with van der Waals surface area (Å²) in [6, 6.07) is 5.08. The SMILES string of the molecule is Cn1nccc1-c1cc(O)c2nc[nH]c(=O)c2c1. The lowest BCUT2D eigenvalue weighted by molar-refractivity contribution is 0.480. The smallest absolute Gasteiger partial charge is 0.258 e. The van der Waals surface area contributed by atoms with Crippen LogP contribution in [0.3, 0.4) is 0 Å². The predicted molar refractivity (Wildman–Crippen MR) is 66.2 cm³/mol. The normalized spacial score (nSPS) is 10.9. The zero-order valence-corrected chi connectivity index (χ0v) is 9.58. The van der Waals surface area contributed by atoms with Gasteiger partial charge in [-0.1, -0.05) is 0 Å². The van der Waals surface area contributed by atoms with Crippen LogP contribution in [0.15, 0.2) is 35.5 Å². The molecule has 18 heavy (non-hydrogen) atoms. The summed E-state index contributed by atoms with van der Waals surface area (Å²) in [5.74, 6) is -0.0187. The molecule has 1 aromatic carbocycles. The van der Waals surface area contributed by atoms with Crippen molar-refractivity contribution in [3.8, 4) is 17.0 Å². The van der Waals surface area contributed by atoms with Crippen molar-refractivity contribution in [2.75, 3.05) is 0 Å². The van der Waals surface area contributed by atoms with E-state index in [1.165, 1.54) is 6.33 Å². The highest BCUT2D eigenvalue weighted by Gasteiger charge is 2.10. The number of nitrogens with one attached hydrogen (secondary N) is 1. The van der Waals surface area contributed by atoms with Gasteiger partial charge in [0.25, 0.3) is 5.56 Å². The van der Waals surface area contributed by atoms with E-state index in [9.17, 15) is 9.90 Å². The van der Waals surface area contributed by atoms with Crippen molar-refractivity contribution in [3.05, 3.63) is 41.1 Å². The second-order valence-corrected chi connectivity index (χ2v) is 3.96. The molecule has 90 valence electrons. The molecule has 0 amide bonds. The molecule has 0 spiro atoms. The lowest BCUT2D eigenvalue weighted by Gasteiger charge is -2.05. The van der Waals surface area contributed by atoms with Gasteiger partial charge in [-0.2, -0.15) is 5.10 Å². The number of hydrogen-bond donors (Lipinski definition) is 2. The molecule has 0 saturated carbocycles. The van der Waals surface area contributed by atoms with Crippen molar-refractivity contribution < 1.29 is 5.11 Å². The Hall–Kier alpha value is -2.63. The molecule has 0 unspecified atom stereocenters. The Morgan fingerprint density at radius 3 is 2.94 bits per heavy atom. The van der Waals surface area contributed by atoms with Crippen molar-refractivity contribution in [2.45, 2.75) is 0 Å². The Bertz CT molecular complexity index is 788. The van der Waals surface area contributed by atoms with Crippen LogP contribution in [-0.2, 0) is 7.05 Å². The summed E-state index contributed by atoms with van der Waals surface area (Å²) in [5, 5.41) is 14.3. The molecule has 2 N–H and O–H groups in total. The van der Waals surface area contributed by atoms with Gasteiger partial charge >= 0.3 is 0 Å². The maximum absolute atomic E-state index is 11.7. The molecule has 0 fully saturated rings. The van der Waals surface area contributed by atoms with Crippen LogP contribution < -0.4 is 5.56 Å². The Labute approximate surface area is 102 Å². The topological polar surface area (TPSA) is 83.8 Å². The minimum absolute atomic E-state index is 0.0187. The first-order valence-electron chi connectivity index (χ1n) is 5.35. The van der Waals surface area contributed by atoms with E-state index in [-0.39, 0.29) is 11.3 Å². The molecule has 0 aliphatic heterocycles. The van der Waals surface area contributed by atoms with Gasteiger partial charge in [0.05, 0.1) is 17.4 Å². The fourth-order valence-electron chi connectivity index (χ4n) is 1.97. The van der Waals surface area contributed by atoms with Crippen LogP contribution in [0.5, 0.6) is 5.75 Å². The summed E-state index contributed by atoms with van der Waals surface area (Å²) >= 11 is 0. The third-order valence-corrected chi connectivity index (χ3v) is 2.84. The quantitative estimate of drug-likeness (QED) is 0.667. The molecule has 0 atom stereocenters. The monoisotopic (exact) mass is 242 g/mol. The van der Waals surface area contributed by atoms with Crippen LogP contribution in [0, 0.1) is 0 Å². The van der Waals surface area contributed by atoms with Gasteiger partial charge in [0.1, 0.15) is 11.3 Å². The highest BCUT2D eigenvalue weighted by atomic mass is 16.3. The van der Waals surface area contributed by atoms with Crippen molar-refractivity contribution in [1.82, 2.24) is 19.7 Å². The predicted octanol–water partition coefficient (Wildman–Crippen LogP) is 1.03. The van der Waals surface area contributed by atoms with Crippen LogP contribution in [0.1, 0.15) is 0 Å². The van der Waals surface area contributed by atoms with Gasteiger partial charge in [0, 0.05) is 18.8 Å². The number of phenols is 1.